The van der Waals surface area contributed by atoms with Crippen molar-refractivity contribution in [1.82, 2.24) is 15.1 Å². The first-order chi connectivity index (χ1) is 11.0. The molecule has 1 aromatic heterocycles. The van der Waals surface area contributed by atoms with E-state index in [2.05, 4.69) is 10.2 Å². The molecule has 2 N–H and O–H groups in total. The number of carbonyl (C=O) groups is 2. The average Bonchev–Trinajstić information content (AvgIpc) is 3.02. The van der Waals surface area contributed by atoms with Gasteiger partial charge in [0.15, 0.2) is 11.0 Å². The van der Waals surface area contributed by atoms with Crippen LogP contribution in [0.5, 0.6) is 0 Å². The minimum absolute atomic E-state index is 0.0512. The molecule has 1 saturated carbocycles. The third kappa shape index (κ3) is 3.55. The molecule has 124 valence electrons. The van der Waals surface area contributed by atoms with Gasteiger partial charge in [-0.1, -0.05) is 24.4 Å². The van der Waals surface area contributed by atoms with Gasteiger partial charge in [-0.3, -0.25) is 9.59 Å². The van der Waals surface area contributed by atoms with Crippen LogP contribution in [0.25, 0.3) is 0 Å². The number of halogens is 1. The summed E-state index contributed by atoms with van der Waals surface area (Å²) in [7, 11) is 0. The predicted molar refractivity (Wildman–Crippen MR) is 86.3 cm³/mol. The van der Waals surface area contributed by atoms with E-state index in [0.717, 1.165) is 6.54 Å². The van der Waals surface area contributed by atoms with E-state index in [9.17, 15) is 9.59 Å². The van der Waals surface area contributed by atoms with Gasteiger partial charge in [-0.25, -0.2) is 0 Å². The Morgan fingerprint density at radius 2 is 2.04 bits per heavy atom. The maximum atomic E-state index is 12.4. The first kappa shape index (κ1) is 16.0. The SMILES string of the molecule is NC(=O)c1cc(Cl)nnc1N1CCN(CC2CCCC2)C(=O)C1. The molecule has 2 heterocycles. The van der Waals surface area contributed by atoms with Crippen LogP contribution >= 0.6 is 11.6 Å². The number of aromatic nitrogens is 2. The van der Waals surface area contributed by atoms with Gasteiger partial charge in [0.1, 0.15) is 0 Å². The van der Waals surface area contributed by atoms with Crippen LogP contribution in [-0.2, 0) is 4.79 Å². The highest BCUT2D eigenvalue weighted by Crippen LogP contribution is 2.27. The van der Waals surface area contributed by atoms with Crippen molar-refractivity contribution in [2.45, 2.75) is 25.7 Å². The van der Waals surface area contributed by atoms with Crippen molar-refractivity contribution < 1.29 is 9.59 Å². The first-order valence-electron chi connectivity index (χ1n) is 7.90. The molecule has 1 aromatic rings. The summed E-state index contributed by atoms with van der Waals surface area (Å²) in [5, 5.41) is 7.83. The lowest BCUT2D eigenvalue weighted by atomic mass is 10.1. The van der Waals surface area contributed by atoms with Gasteiger partial charge in [0.05, 0.1) is 12.1 Å². The summed E-state index contributed by atoms with van der Waals surface area (Å²) in [4.78, 5) is 27.6. The van der Waals surface area contributed by atoms with Crippen LogP contribution < -0.4 is 10.6 Å². The number of carbonyl (C=O) groups excluding carboxylic acids is 2. The number of hydrogen-bond acceptors (Lipinski definition) is 5. The summed E-state index contributed by atoms with van der Waals surface area (Å²) < 4.78 is 0. The summed E-state index contributed by atoms with van der Waals surface area (Å²) in [5.41, 5.74) is 5.57. The standard InChI is InChI=1S/C15H20ClN5O2/c16-12-7-11(14(17)23)15(19-18-12)21-6-5-20(13(22)9-21)8-10-3-1-2-4-10/h7,10H,1-6,8-9H2,(H2,17,23). The van der Waals surface area contributed by atoms with Crippen molar-refractivity contribution in [3.63, 3.8) is 0 Å². The van der Waals surface area contributed by atoms with E-state index in [0.29, 0.717) is 24.8 Å². The van der Waals surface area contributed by atoms with Crippen molar-refractivity contribution in [3.05, 3.63) is 16.8 Å². The number of piperazine rings is 1. The molecule has 3 rings (SSSR count). The molecule has 0 bridgehead atoms. The van der Waals surface area contributed by atoms with Gasteiger partial charge < -0.3 is 15.5 Å². The number of anilines is 1. The molecule has 0 unspecified atom stereocenters. The Hall–Kier alpha value is -1.89. The van der Waals surface area contributed by atoms with Crippen molar-refractivity contribution in [1.29, 1.82) is 0 Å². The molecule has 2 aliphatic rings. The van der Waals surface area contributed by atoms with E-state index in [1.54, 1.807) is 4.90 Å². The first-order valence-corrected chi connectivity index (χ1v) is 8.28. The maximum Gasteiger partial charge on any atom is 0.252 e. The number of amides is 2. The molecule has 23 heavy (non-hydrogen) atoms. The van der Waals surface area contributed by atoms with Crippen LogP contribution in [0.1, 0.15) is 36.0 Å². The van der Waals surface area contributed by atoms with Crippen LogP contribution in [0, 0.1) is 5.92 Å². The lowest BCUT2D eigenvalue weighted by molar-refractivity contribution is -0.131. The summed E-state index contributed by atoms with van der Waals surface area (Å²) >= 11 is 5.77. The number of nitrogens with two attached hydrogens (primary N) is 1. The quantitative estimate of drug-likeness (QED) is 0.887. The van der Waals surface area contributed by atoms with Gasteiger partial charge in [-0.15, -0.1) is 10.2 Å². The molecule has 1 aliphatic carbocycles. The second-order valence-electron chi connectivity index (χ2n) is 6.18. The highest BCUT2D eigenvalue weighted by Gasteiger charge is 2.29. The van der Waals surface area contributed by atoms with Crippen LogP contribution in [0.3, 0.4) is 0 Å². The summed E-state index contributed by atoms with van der Waals surface area (Å²) in [6.45, 7) is 2.25. The minimum atomic E-state index is -0.627. The van der Waals surface area contributed by atoms with Crippen molar-refractivity contribution in [2.24, 2.45) is 11.7 Å². The number of nitrogens with zero attached hydrogens (tertiary/aromatic N) is 4. The Balaban J connectivity index is 1.70. The molecular formula is C15H20ClN5O2. The fraction of sp³-hybridized carbons (Fsp3) is 0.600. The highest BCUT2D eigenvalue weighted by atomic mass is 35.5. The molecule has 1 aliphatic heterocycles. The Morgan fingerprint density at radius 3 is 2.70 bits per heavy atom. The lowest BCUT2D eigenvalue weighted by Gasteiger charge is -2.36. The summed E-state index contributed by atoms with van der Waals surface area (Å²) in [6.07, 6.45) is 4.95. The number of rotatable bonds is 4. The Labute approximate surface area is 139 Å². The molecule has 7 nitrogen and oxygen atoms in total. The van der Waals surface area contributed by atoms with Gasteiger partial charge in [-0.2, -0.15) is 0 Å². The Morgan fingerprint density at radius 1 is 1.30 bits per heavy atom. The molecule has 1 saturated heterocycles. The fourth-order valence-electron chi connectivity index (χ4n) is 3.36. The summed E-state index contributed by atoms with van der Waals surface area (Å²) in [5.74, 6) is 0.380. The van der Waals surface area contributed by atoms with Crippen molar-refractivity contribution in [2.75, 3.05) is 31.1 Å². The normalized spacial score (nSPS) is 19.4. The van der Waals surface area contributed by atoms with E-state index < -0.39 is 5.91 Å². The van der Waals surface area contributed by atoms with Gasteiger partial charge in [0.25, 0.3) is 5.91 Å². The predicted octanol–water partition coefficient (Wildman–Crippen LogP) is 1.07. The van der Waals surface area contributed by atoms with E-state index in [1.165, 1.54) is 31.7 Å². The molecule has 2 amide bonds. The van der Waals surface area contributed by atoms with Gasteiger partial charge in [0, 0.05) is 19.6 Å². The van der Waals surface area contributed by atoms with Crippen LogP contribution in [0.15, 0.2) is 6.07 Å². The topological polar surface area (TPSA) is 92.4 Å². The second-order valence-corrected chi connectivity index (χ2v) is 6.57. The smallest absolute Gasteiger partial charge is 0.252 e. The number of primary amides is 1. The zero-order chi connectivity index (χ0) is 16.4. The highest BCUT2D eigenvalue weighted by molar-refractivity contribution is 6.29. The van der Waals surface area contributed by atoms with E-state index in [4.69, 9.17) is 17.3 Å². The number of hydrogen-bond donors (Lipinski definition) is 1. The average molecular weight is 338 g/mol. The Bertz CT molecular complexity index is 618. The zero-order valence-electron chi connectivity index (χ0n) is 12.9. The third-order valence-electron chi connectivity index (χ3n) is 4.58. The molecule has 0 atom stereocenters. The van der Waals surface area contributed by atoms with Crippen LogP contribution in [0.2, 0.25) is 5.15 Å². The molecule has 0 aromatic carbocycles. The third-order valence-corrected chi connectivity index (χ3v) is 4.77. The van der Waals surface area contributed by atoms with E-state index >= 15 is 0 Å². The minimum Gasteiger partial charge on any atom is -0.365 e. The molecular weight excluding hydrogens is 318 g/mol. The fourth-order valence-corrected chi connectivity index (χ4v) is 3.51. The van der Waals surface area contributed by atoms with Gasteiger partial charge in [-0.05, 0) is 24.8 Å². The van der Waals surface area contributed by atoms with Crippen LogP contribution in [-0.4, -0.2) is 53.1 Å². The molecule has 8 heteroatoms. The monoisotopic (exact) mass is 337 g/mol. The van der Waals surface area contributed by atoms with E-state index in [-0.39, 0.29) is 23.2 Å². The molecule has 2 fully saturated rings. The van der Waals surface area contributed by atoms with E-state index in [1.807, 2.05) is 4.90 Å². The second kappa shape index (κ2) is 6.70. The molecule has 0 radical (unpaired) electrons. The van der Waals surface area contributed by atoms with Gasteiger partial charge >= 0.3 is 0 Å². The Kier molecular flexibility index (Phi) is 4.66. The lowest BCUT2D eigenvalue weighted by Crippen LogP contribution is -2.52. The van der Waals surface area contributed by atoms with Crippen molar-refractivity contribution in [3.8, 4) is 0 Å². The maximum absolute atomic E-state index is 12.4. The summed E-state index contributed by atoms with van der Waals surface area (Å²) in [6, 6.07) is 1.39. The van der Waals surface area contributed by atoms with Gasteiger partial charge in [0.2, 0.25) is 5.91 Å². The molecule has 0 spiro atoms. The zero-order valence-corrected chi connectivity index (χ0v) is 13.6. The largest absolute Gasteiger partial charge is 0.365 e. The van der Waals surface area contributed by atoms with Crippen molar-refractivity contribution >= 4 is 29.2 Å². The van der Waals surface area contributed by atoms with Crippen LogP contribution in [0.4, 0.5) is 5.82 Å².